The van der Waals surface area contributed by atoms with Crippen LogP contribution < -0.4 is 10.6 Å². The Kier molecular flexibility index (Phi) is 4.42. The van der Waals surface area contributed by atoms with E-state index in [2.05, 4.69) is 32.1 Å². The topological polar surface area (TPSA) is 84.7 Å². The third kappa shape index (κ3) is 3.40. The lowest BCUT2D eigenvalue weighted by Crippen LogP contribution is -2.28. The highest BCUT2D eigenvalue weighted by atomic mass is 16.1. The first-order chi connectivity index (χ1) is 9.70. The minimum Gasteiger partial charge on any atom is -0.325 e. The first-order valence-electron chi connectivity index (χ1n) is 5.99. The highest BCUT2D eigenvalue weighted by Crippen LogP contribution is 2.18. The monoisotopic (exact) mass is 270 g/mol. The van der Waals surface area contributed by atoms with E-state index in [1.54, 1.807) is 4.68 Å². The summed E-state index contributed by atoms with van der Waals surface area (Å²) in [5.74, 6) is 2.25. The van der Waals surface area contributed by atoms with Crippen LogP contribution in [0.3, 0.4) is 0 Å². The molecule has 0 fully saturated rings. The van der Waals surface area contributed by atoms with Gasteiger partial charge in [-0.3, -0.25) is 10.1 Å². The van der Waals surface area contributed by atoms with Crippen molar-refractivity contribution < 1.29 is 4.79 Å². The highest BCUT2D eigenvalue weighted by molar-refractivity contribution is 5.92. The van der Waals surface area contributed by atoms with Gasteiger partial charge in [0.15, 0.2) is 0 Å². The van der Waals surface area contributed by atoms with E-state index >= 15 is 0 Å². The number of carbonyl (C=O) groups is 1. The minimum atomic E-state index is -0.160. The average Bonchev–Trinajstić information content (AvgIpc) is 2.95. The molecule has 1 heterocycles. The maximum atomic E-state index is 11.7. The average molecular weight is 270 g/mol. The molecule has 1 amide bonds. The summed E-state index contributed by atoms with van der Waals surface area (Å²) in [7, 11) is 0. The van der Waals surface area contributed by atoms with Crippen LogP contribution in [0, 0.1) is 19.3 Å². The third-order valence-corrected chi connectivity index (χ3v) is 2.60. The largest absolute Gasteiger partial charge is 0.325 e. The fraction of sp³-hybridized carbons (Fsp3) is 0.231. The molecule has 0 aliphatic rings. The molecule has 1 aromatic carbocycles. The molecule has 0 unspecified atom stereocenters. The van der Waals surface area contributed by atoms with Crippen molar-refractivity contribution in [1.29, 1.82) is 0 Å². The molecule has 0 aliphatic carbocycles. The molecule has 0 radical (unpaired) electrons. The number of amides is 1. The van der Waals surface area contributed by atoms with E-state index in [1.165, 1.54) is 6.33 Å². The van der Waals surface area contributed by atoms with Crippen LogP contribution in [0.5, 0.6) is 0 Å². The number of tetrazole rings is 1. The summed E-state index contributed by atoms with van der Waals surface area (Å²) in [6.45, 7) is 2.46. The van der Waals surface area contributed by atoms with Crippen LogP contribution in [-0.4, -0.2) is 39.2 Å². The predicted octanol–water partition coefficient (Wildman–Crippen LogP) is 0.132. The van der Waals surface area contributed by atoms with Crippen LogP contribution in [0.1, 0.15) is 5.56 Å². The van der Waals surface area contributed by atoms with E-state index < -0.39 is 0 Å². The molecule has 20 heavy (non-hydrogen) atoms. The molecule has 0 spiro atoms. The van der Waals surface area contributed by atoms with Crippen molar-refractivity contribution >= 4 is 11.6 Å². The number of rotatable bonds is 5. The summed E-state index contributed by atoms with van der Waals surface area (Å²) in [5.41, 5.74) is 2.48. The molecule has 1 aromatic heterocycles. The summed E-state index contributed by atoms with van der Waals surface area (Å²) in [5, 5.41) is 16.6. The first kappa shape index (κ1) is 13.7. The van der Waals surface area contributed by atoms with Crippen molar-refractivity contribution in [2.45, 2.75) is 6.92 Å². The van der Waals surface area contributed by atoms with E-state index in [4.69, 9.17) is 6.42 Å². The van der Waals surface area contributed by atoms with Crippen molar-refractivity contribution in [3.63, 3.8) is 0 Å². The Morgan fingerprint density at radius 3 is 3.05 bits per heavy atom. The number of anilines is 1. The summed E-state index contributed by atoms with van der Waals surface area (Å²) in [6, 6.07) is 5.52. The Hall–Kier alpha value is -2.72. The molecule has 0 saturated carbocycles. The van der Waals surface area contributed by atoms with Gasteiger partial charge in [-0.1, -0.05) is 12.0 Å². The van der Waals surface area contributed by atoms with Gasteiger partial charge >= 0.3 is 0 Å². The van der Waals surface area contributed by atoms with Crippen molar-refractivity contribution in [3.05, 3.63) is 30.1 Å². The highest BCUT2D eigenvalue weighted by Gasteiger charge is 2.06. The number of terminal acetylenes is 1. The smallest absolute Gasteiger partial charge is 0.238 e. The Morgan fingerprint density at radius 1 is 1.50 bits per heavy atom. The number of hydrogen-bond acceptors (Lipinski definition) is 5. The molecule has 2 N–H and O–H groups in total. The number of aryl methyl sites for hydroxylation is 1. The van der Waals surface area contributed by atoms with E-state index in [-0.39, 0.29) is 12.5 Å². The zero-order valence-electron chi connectivity index (χ0n) is 11.0. The van der Waals surface area contributed by atoms with Gasteiger partial charge in [0.2, 0.25) is 5.91 Å². The predicted molar refractivity (Wildman–Crippen MR) is 74.2 cm³/mol. The van der Waals surface area contributed by atoms with Gasteiger partial charge in [0.1, 0.15) is 6.33 Å². The molecule has 0 saturated heterocycles. The van der Waals surface area contributed by atoms with Crippen LogP contribution in [0.15, 0.2) is 24.5 Å². The van der Waals surface area contributed by atoms with Gasteiger partial charge in [0, 0.05) is 5.69 Å². The molecular formula is C13H14N6O. The Labute approximate surface area is 116 Å². The number of aromatic nitrogens is 4. The molecule has 0 aliphatic heterocycles. The zero-order chi connectivity index (χ0) is 14.4. The van der Waals surface area contributed by atoms with Gasteiger partial charge in [-0.05, 0) is 35.0 Å². The molecule has 2 rings (SSSR count). The standard InChI is InChI=1S/C13H14N6O/c1-3-6-14-8-13(20)16-11-5-4-10(2)12(7-11)19-9-15-17-18-19/h1,4-5,7,9,14H,6,8H2,2H3,(H,16,20). The van der Waals surface area contributed by atoms with Crippen LogP contribution in [0.4, 0.5) is 5.69 Å². The van der Waals surface area contributed by atoms with E-state index in [1.807, 2.05) is 25.1 Å². The molecule has 7 nitrogen and oxygen atoms in total. The van der Waals surface area contributed by atoms with Gasteiger partial charge in [-0.25, -0.2) is 4.68 Å². The van der Waals surface area contributed by atoms with Gasteiger partial charge in [0.25, 0.3) is 0 Å². The van der Waals surface area contributed by atoms with Gasteiger partial charge in [-0.2, -0.15) is 0 Å². The van der Waals surface area contributed by atoms with E-state index in [0.717, 1.165) is 11.3 Å². The molecular weight excluding hydrogens is 256 g/mol. The van der Waals surface area contributed by atoms with Crippen LogP contribution in [0.25, 0.3) is 5.69 Å². The van der Waals surface area contributed by atoms with Gasteiger partial charge < -0.3 is 5.32 Å². The van der Waals surface area contributed by atoms with E-state index in [0.29, 0.717) is 12.2 Å². The second kappa shape index (κ2) is 6.45. The second-order valence-corrected chi connectivity index (χ2v) is 4.11. The maximum absolute atomic E-state index is 11.7. The second-order valence-electron chi connectivity index (χ2n) is 4.11. The lowest BCUT2D eigenvalue weighted by atomic mass is 10.2. The lowest BCUT2D eigenvalue weighted by molar-refractivity contribution is -0.115. The zero-order valence-corrected chi connectivity index (χ0v) is 11.0. The van der Waals surface area contributed by atoms with Crippen LogP contribution in [-0.2, 0) is 4.79 Å². The van der Waals surface area contributed by atoms with Crippen LogP contribution >= 0.6 is 0 Å². The quantitative estimate of drug-likeness (QED) is 0.596. The molecule has 7 heteroatoms. The van der Waals surface area contributed by atoms with Crippen LogP contribution in [0.2, 0.25) is 0 Å². The third-order valence-electron chi connectivity index (χ3n) is 2.60. The summed E-state index contributed by atoms with van der Waals surface area (Å²) >= 11 is 0. The minimum absolute atomic E-state index is 0.160. The van der Waals surface area contributed by atoms with Crippen molar-refractivity contribution in [2.24, 2.45) is 0 Å². The number of carbonyl (C=O) groups excluding carboxylic acids is 1. The number of nitrogens with zero attached hydrogens (tertiary/aromatic N) is 4. The molecule has 0 atom stereocenters. The molecule has 0 bridgehead atoms. The van der Waals surface area contributed by atoms with E-state index in [9.17, 15) is 4.79 Å². The fourth-order valence-corrected chi connectivity index (χ4v) is 1.66. The van der Waals surface area contributed by atoms with Crippen molar-refractivity contribution in [2.75, 3.05) is 18.4 Å². The van der Waals surface area contributed by atoms with Gasteiger partial charge in [0.05, 0.1) is 18.8 Å². The molecule has 2 aromatic rings. The summed E-state index contributed by atoms with van der Waals surface area (Å²) < 4.78 is 1.54. The van der Waals surface area contributed by atoms with Gasteiger partial charge in [-0.15, -0.1) is 11.5 Å². The Balaban J connectivity index is 2.08. The fourth-order valence-electron chi connectivity index (χ4n) is 1.66. The number of nitrogens with one attached hydrogen (secondary N) is 2. The Bertz CT molecular complexity index is 629. The lowest BCUT2D eigenvalue weighted by Gasteiger charge is -2.09. The Morgan fingerprint density at radius 2 is 2.35 bits per heavy atom. The molecule has 102 valence electrons. The normalized spacial score (nSPS) is 10.0. The summed E-state index contributed by atoms with van der Waals surface area (Å²) in [6.07, 6.45) is 6.59. The SMILES string of the molecule is C#CCNCC(=O)Nc1ccc(C)c(-n2cnnn2)c1. The summed E-state index contributed by atoms with van der Waals surface area (Å²) in [4.78, 5) is 11.7. The van der Waals surface area contributed by atoms with Crippen molar-refractivity contribution in [1.82, 2.24) is 25.5 Å². The first-order valence-corrected chi connectivity index (χ1v) is 5.99. The number of benzene rings is 1. The number of hydrogen-bond donors (Lipinski definition) is 2. The maximum Gasteiger partial charge on any atom is 0.238 e. The van der Waals surface area contributed by atoms with Crippen molar-refractivity contribution in [3.8, 4) is 18.0 Å².